The first-order valence-corrected chi connectivity index (χ1v) is 7.54. The van der Waals surface area contributed by atoms with E-state index in [9.17, 15) is 0 Å². The maximum Gasteiger partial charge on any atom is 0.122 e. The van der Waals surface area contributed by atoms with Crippen LogP contribution in [0.4, 0.5) is 0 Å². The molecule has 1 aliphatic carbocycles. The van der Waals surface area contributed by atoms with Gasteiger partial charge in [0, 0.05) is 5.41 Å². The number of hydrogen-bond acceptors (Lipinski definition) is 2. The lowest BCUT2D eigenvalue weighted by molar-refractivity contribution is 0.0825. The van der Waals surface area contributed by atoms with E-state index < -0.39 is 0 Å². The Balaban J connectivity index is 2.06. The maximum absolute atomic E-state index is 6.08. The molecule has 0 unspecified atom stereocenters. The number of ether oxygens (including phenoxy) is 1. The zero-order valence-electron chi connectivity index (χ0n) is 11.7. The van der Waals surface area contributed by atoms with Gasteiger partial charge in [0.2, 0.25) is 0 Å². The van der Waals surface area contributed by atoms with Crippen molar-refractivity contribution in [2.24, 2.45) is 5.41 Å². The van der Waals surface area contributed by atoms with Gasteiger partial charge in [0.1, 0.15) is 5.75 Å². The molecule has 1 aromatic carbocycles. The van der Waals surface area contributed by atoms with Gasteiger partial charge in [0.15, 0.2) is 0 Å². The Bertz CT molecular complexity index is 402. The third-order valence-corrected chi connectivity index (χ3v) is 4.83. The van der Waals surface area contributed by atoms with Crippen molar-refractivity contribution in [2.45, 2.75) is 46.0 Å². The molecule has 0 radical (unpaired) electrons. The summed E-state index contributed by atoms with van der Waals surface area (Å²) in [5.41, 5.74) is 2.92. The van der Waals surface area contributed by atoms with E-state index in [1.807, 2.05) is 0 Å². The molecule has 0 heterocycles. The van der Waals surface area contributed by atoms with Crippen LogP contribution in [0.25, 0.3) is 0 Å². The lowest BCUT2D eigenvalue weighted by atomic mass is 9.71. The quantitative estimate of drug-likeness (QED) is 0.765. The molecule has 1 nitrogen and oxygen atoms in total. The average Bonchev–Trinajstić information content (AvgIpc) is 2.30. The van der Waals surface area contributed by atoms with Gasteiger partial charge < -0.3 is 4.74 Å². The normalized spacial score (nSPS) is 17.6. The smallest absolute Gasteiger partial charge is 0.122 e. The molecule has 0 aliphatic heterocycles. The Kier molecular flexibility index (Phi) is 4.26. The van der Waals surface area contributed by atoms with E-state index in [1.165, 1.54) is 30.4 Å². The van der Waals surface area contributed by atoms with Crippen LogP contribution in [0.5, 0.6) is 5.75 Å². The fourth-order valence-corrected chi connectivity index (χ4v) is 2.79. The fourth-order valence-electron chi connectivity index (χ4n) is 2.39. The average molecular weight is 264 g/mol. The second-order valence-corrected chi connectivity index (χ2v) is 6.30. The molecular weight excluding hydrogens is 240 g/mol. The van der Waals surface area contributed by atoms with Crippen LogP contribution in [-0.2, 0) is 0 Å². The molecule has 0 amide bonds. The molecule has 0 aromatic heterocycles. The minimum absolute atomic E-state index is 0.337. The number of benzene rings is 1. The van der Waals surface area contributed by atoms with Crippen molar-refractivity contribution in [1.29, 1.82) is 0 Å². The van der Waals surface area contributed by atoms with Crippen molar-refractivity contribution in [1.82, 2.24) is 0 Å². The lowest BCUT2D eigenvalue weighted by Crippen LogP contribution is -2.37. The number of rotatable bonds is 5. The van der Waals surface area contributed by atoms with Crippen LogP contribution in [0.15, 0.2) is 18.2 Å². The molecule has 0 bridgehead atoms. The second-order valence-electron chi connectivity index (χ2n) is 5.98. The van der Waals surface area contributed by atoms with Crippen LogP contribution in [0, 0.1) is 12.3 Å². The van der Waals surface area contributed by atoms with E-state index in [4.69, 9.17) is 4.74 Å². The van der Waals surface area contributed by atoms with Gasteiger partial charge >= 0.3 is 0 Å². The van der Waals surface area contributed by atoms with Gasteiger partial charge in [-0.05, 0) is 48.6 Å². The molecule has 18 heavy (non-hydrogen) atoms. The summed E-state index contributed by atoms with van der Waals surface area (Å²) in [6.45, 7) is 7.37. The maximum atomic E-state index is 6.08. The van der Waals surface area contributed by atoms with Crippen molar-refractivity contribution < 1.29 is 4.74 Å². The van der Waals surface area contributed by atoms with Gasteiger partial charge in [0.25, 0.3) is 0 Å². The highest BCUT2D eigenvalue weighted by molar-refractivity contribution is 7.80. The third kappa shape index (κ3) is 2.85. The molecule has 2 rings (SSSR count). The molecule has 0 N–H and O–H groups in total. The van der Waals surface area contributed by atoms with Crippen LogP contribution in [0.3, 0.4) is 0 Å². The van der Waals surface area contributed by atoms with Crippen LogP contribution >= 0.6 is 12.6 Å². The largest absolute Gasteiger partial charge is 0.493 e. The molecule has 1 aliphatic rings. The highest BCUT2D eigenvalue weighted by Gasteiger charge is 2.36. The minimum Gasteiger partial charge on any atom is -0.493 e. The van der Waals surface area contributed by atoms with Crippen molar-refractivity contribution in [3.8, 4) is 5.75 Å². The Labute approximate surface area is 116 Å². The summed E-state index contributed by atoms with van der Waals surface area (Å²) < 4.78 is 6.08. The van der Waals surface area contributed by atoms with Crippen molar-refractivity contribution in [3.63, 3.8) is 0 Å². The summed E-state index contributed by atoms with van der Waals surface area (Å²) in [7, 11) is 0. The van der Waals surface area contributed by atoms with E-state index in [0.29, 0.717) is 11.3 Å². The van der Waals surface area contributed by atoms with Gasteiger partial charge in [0.05, 0.1) is 6.61 Å². The second kappa shape index (κ2) is 5.56. The van der Waals surface area contributed by atoms with Gasteiger partial charge in [-0.1, -0.05) is 32.4 Å². The number of thiol groups is 1. The summed E-state index contributed by atoms with van der Waals surface area (Å²) >= 11 is 4.48. The molecule has 1 fully saturated rings. The first-order valence-electron chi connectivity index (χ1n) is 6.90. The molecule has 1 saturated carbocycles. The van der Waals surface area contributed by atoms with Gasteiger partial charge in [-0.3, -0.25) is 0 Å². The predicted octanol–water partition coefficient (Wildman–Crippen LogP) is 4.60. The van der Waals surface area contributed by atoms with Crippen LogP contribution in [0.1, 0.15) is 50.2 Å². The van der Waals surface area contributed by atoms with Crippen molar-refractivity contribution >= 4 is 12.6 Å². The van der Waals surface area contributed by atoms with Crippen molar-refractivity contribution in [3.05, 3.63) is 29.3 Å². The summed E-state index contributed by atoms with van der Waals surface area (Å²) in [6, 6.07) is 6.56. The number of hydrogen-bond donors (Lipinski definition) is 1. The Morgan fingerprint density at radius 1 is 1.33 bits per heavy atom. The Morgan fingerprint density at radius 2 is 2.06 bits per heavy atom. The van der Waals surface area contributed by atoms with Crippen molar-refractivity contribution in [2.75, 3.05) is 12.4 Å². The summed E-state index contributed by atoms with van der Waals surface area (Å²) in [4.78, 5) is 0. The molecule has 0 spiro atoms. The Morgan fingerprint density at radius 3 is 2.56 bits per heavy atom. The zero-order chi connectivity index (χ0) is 13.2. The molecule has 0 saturated heterocycles. The first-order chi connectivity index (χ1) is 8.56. The molecule has 100 valence electrons. The van der Waals surface area contributed by atoms with Crippen LogP contribution < -0.4 is 4.74 Å². The zero-order valence-corrected chi connectivity index (χ0v) is 12.6. The van der Waals surface area contributed by atoms with Crippen LogP contribution in [0.2, 0.25) is 0 Å². The SMILES string of the molecule is Cc1ccc(C(C)C)cc1OCC1(CS)CCC1. The van der Waals surface area contributed by atoms with E-state index in [1.54, 1.807) is 0 Å². The predicted molar refractivity (Wildman–Crippen MR) is 80.9 cm³/mol. The standard InChI is InChI=1S/C16H24OS/c1-12(2)14-6-5-13(3)15(9-14)17-10-16(11-18)7-4-8-16/h5-6,9,12,18H,4,7-8,10-11H2,1-3H3. The van der Waals surface area contributed by atoms with Gasteiger partial charge in [-0.2, -0.15) is 12.6 Å². The van der Waals surface area contributed by atoms with E-state index >= 15 is 0 Å². The molecule has 0 atom stereocenters. The van der Waals surface area contributed by atoms with E-state index in [0.717, 1.165) is 18.1 Å². The van der Waals surface area contributed by atoms with Crippen LogP contribution in [-0.4, -0.2) is 12.4 Å². The summed E-state index contributed by atoms with van der Waals surface area (Å²) in [6.07, 6.45) is 3.85. The summed E-state index contributed by atoms with van der Waals surface area (Å²) in [5.74, 6) is 2.54. The highest BCUT2D eigenvalue weighted by Crippen LogP contribution is 2.42. The summed E-state index contributed by atoms with van der Waals surface area (Å²) in [5, 5.41) is 0. The Hall–Kier alpha value is -0.630. The molecule has 1 aromatic rings. The number of aryl methyl sites for hydroxylation is 1. The lowest BCUT2D eigenvalue weighted by Gasteiger charge is -2.40. The minimum atomic E-state index is 0.337. The van der Waals surface area contributed by atoms with Gasteiger partial charge in [-0.25, -0.2) is 0 Å². The van der Waals surface area contributed by atoms with Gasteiger partial charge in [-0.15, -0.1) is 0 Å². The first kappa shape index (κ1) is 13.8. The molecule has 2 heteroatoms. The monoisotopic (exact) mass is 264 g/mol. The highest BCUT2D eigenvalue weighted by atomic mass is 32.1. The van der Waals surface area contributed by atoms with E-state index in [2.05, 4.69) is 51.6 Å². The van der Waals surface area contributed by atoms with E-state index in [-0.39, 0.29) is 0 Å². The topological polar surface area (TPSA) is 9.23 Å². The third-order valence-electron chi connectivity index (χ3n) is 4.16. The molecular formula is C16H24OS. The fraction of sp³-hybridized carbons (Fsp3) is 0.625.